The van der Waals surface area contributed by atoms with Crippen molar-refractivity contribution in [1.29, 1.82) is 0 Å². The van der Waals surface area contributed by atoms with Gasteiger partial charge < -0.3 is 10.6 Å². The van der Waals surface area contributed by atoms with E-state index in [1.54, 1.807) is 0 Å². The molecule has 0 aromatic carbocycles. The highest BCUT2D eigenvalue weighted by Crippen LogP contribution is 2.20. The summed E-state index contributed by atoms with van der Waals surface area (Å²) >= 11 is 0. The predicted octanol–water partition coefficient (Wildman–Crippen LogP) is 0.794. The molecule has 0 atom stereocenters. The lowest BCUT2D eigenvalue weighted by Gasteiger charge is -2.24. The zero-order valence-corrected chi connectivity index (χ0v) is 9.55. The third-order valence-electron chi connectivity index (χ3n) is 1.96. The van der Waals surface area contributed by atoms with Gasteiger partial charge in [-0.15, -0.1) is 10.2 Å². The van der Waals surface area contributed by atoms with E-state index in [1.165, 1.54) is 0 Å². The Morgan fingerprint density at radius 1 is 1.21 bits per heavy atom. The molecule has 0 aliphatic carbocycles. The minimum atomic E-state index is -0.00593. The molecule has 0 saturated heterocycles. The van der Waals surface area contributed by atoms with Crippen molar-refractivity contribution < 1.29 is 0 Å². The van der Waals surface area contributed by atoms with Crippen molar-refractivity contribution in [3.05, 3.63) is 5.82 Å². The van der Waals surface area contributed by atoms with Crippen molar-refractivity contribution in [2.75, 3.05) is 19.4 Å². The summed E-state index contributed by atoms with van der Waals surface area (Å²) in [4.78, 5) is 0. The van der Waals surface area contributed by atoms with Gasteiger partial charge >= 0.3 is 0 Å². The summed E-state index contributed by atoms with van der Waals surface area (Å²) in [6, 6.07) is 0. The first-order valence-electron chi connectivity index (χ1n) is 4.78. The van der Waals surface area contributed by atoms with Crippen LogP contribution in [0.5, 0.6) is 0 Å². The molecule has 0 spiro atoms. The molecule has 80 valence electrons. The summed E-state index contributed by atoms with van der Waals surface area (Å²) in [5.74, 6) is 1.76. The van der Waals surface area contributed by atoms with E-state index >= 15 is 0 Å². The fourth-order valence-corrected chi connectivity index (χ4v) is 1.46. The van der Waals surface area contributed by atoms with Crippen LogP contribution in [0.25, 0.3) is 0 Å². The molecule has 1 aromatic rings. The number of rotatable bonds is 3. The van der Waals surface area contributed by atoms with E-state index in [2.05, 4.69) is 46.2 Å². The molecule has 0 amide bonds. The second kappa shape index (κ2) is 3.96. The largest absolute Gasteiger partial charge is 0.357 e. The maximum absolute atomic E-state index is 4.13. The normalized spacial score (nSPS) is 11.8. The summed E-state index contributed by atoms with van der Waals surface area (Å²) in [6.07, 6.45) is 0. The highest BCUT2D eigenvalue weighted by Gasteiger charge is 2.21. The summed E-state index contributed by atoms with van der Waals surface area (Å²) in [6.45, 7) is 7.13. The average molecular weight is 197 g/mol. The molecule has 14 heavy (non-hydrogen) atoms. The van der Waals surface area contributed by atoms with Gasteiger partial charge in [-0.25, -0.2) is 0 Å². The summed E-state index contributed by atoms with van der Waals surface area (Å²) in [5.41, 5.74) is -0.00593. The first kappa shape index (κ1) is 11.0. The predicted molar refractivity (Wildman–Crippen MR) is 57.3 cm³/mol. The van der Waals surface area contributed by atoms with Crippen LogP contribution < -0.4 is 10.6 Å². The van der Waals surface area contributed by atoms with Crippen LogP contribution >= 0.6 is 0 Å². The van der Waals surface area contributed by atoms with Crippen LogP contribution in [0.2, 0.25) is 0 Å². The minimum absolute atomic E-state index is 0.00593. The Morgan fingerprint density at radius 3 is 2.29 bits per heavy atom. The van der Waals surface area contributed by atoms with Gasteiger partial charge in [-0.1, -0.05) is 0 Å². The third-order valence-corrected chi connectivity index (χ3v) is 1.96. The zero-order valence-electron chi connectivity index (χ0n) is 9.55. The van der Waals surface area contributed by atoms with Crippen LogP contribution in [0.4, 0.5) is 5.95 Å². The van der Waals surface area contributed by atoms with E-state index in [0.717, 1.165) is 18.3 Å². The van der Waals surface area contributed by atoms with Gasteiger partial charge in [0.05, 0.1) is 6.54 Å². The lowest BCUT2D eigenvalue weighted by Crippen LogP contribution is -2.27. The van der Waals surface area contributed by atoms with Gasteiger partial charge in [-0.2, -0.15) is 0 Å². The van der Waals surface area contributed by atoms with E-state index < -0.39 is 0 Å². The number of nitrogens with one attached hydrogen (secondary N) is 2. The van der Waals surface area contributed by atoms with Crippen molar-refractivity contribution >= 4 is 5.95 Å². The van der Waals surface area contributed by atoms with Crippen LogP contribution in [0.1, 0.15) is 26.6 Å². The van der Waals surface area contributed by atoms with Crippen molar-refractivity contribution in [3.8, 4) is 0 Å². The van der Waals surface area contributed by atoms with Gasteiger partial charge in [0.2, 0.25) is 5.95 Å². The zero-order chi connectivity index (χ0) is 10.8. The van der Waals surface area contributed by atoms with E-state index in [4.69, 9.17) is 0 Å². The van der Waals surface area contributed by atoms with Crippen molar-refractivity contribution in [3.63, 3.8) is 0 Å². The van der Waals surface area contributed by atoms with Crippen LogP contribution in [0.3, 0.4) is 0 Å². The summed E-state index contributed by atoms with van der Waals surface area (Å²) in [5, 5.41) is 14.3. The standard InChI is InChI=1S/C9H19N5/c1-9(2,3)14-7(6-10-4)12-13-8(14)11-5/h10H,6H2,1-5H3,(H,11,13). The van der Waals surface area contributed by atoms with Gasteiger partial charge in [0.25, 0.3) is 0 Å². The van der Waals surface area contributed by atoms with Crippen molar-refractivity contribution in [2.45, 2.75) is 32.9 Å². The molecule has 0 radical (unpaired) electrons. The number of nitrogens with zero attached hydrogens (tertiary/aromatic N) is 3. The lowest BCUT2D eigenvalue weighted by molar-refractivity contribution is 0.384. The summed E-state index contributed by atoms with van der Waals surface area (Å²) in [7, 11) is 3.76. The molecule has 2 N–H and O–H groups in total. The van der Waals surface area contributed by atoms with Crippen LogP contribution in [-0.4, -0.2) is 28.9 Å². The van der Waals surface area contributed by atoms with E-state index in [1.807, 2.05) is 14.1 Å². The Hall–Kier alpha value is -1.10. The first-order valence-corrected chi connectivity index (χ1v) is 4.78. The second-order valence-corrected chi connectivity index (χ2v) is 4.23. The maximum atomic E-state index is 4.13. The number of anilines is 1. The molecule has 0 fully saturated rings. The highest BCUT2D eigenvalue weighted by molar-refractivity contribution is 5.26. The molecular weight excluding hydrogens is 178 g/mol. The topological polar surface area (TPSA) is 54.8 Å². The fraction of sp³-hybridized carbons (Fsp3) is 0.778. The molecule has 5 heteroatoms. The van der Waals surface area contributed by atoms with Crippen molar-refractivity contribution in [1.82, 2.24) is 20.1 Å². The monoisotopic (exact) mass is 197 g/mol. The molecular formula is C9H19N5. The molecule has 0 aliphatic rings. The van der Waals surface area contributed by atoms with Gasteiger partial charge in [0.1, 0.15) is 5.82 Å². The van der Waals surface area contributed by atoms with Crippen molar-refractivity contribution in [2.24, 2.45) is 0 Å². The smallest absolute Gasteiger partial charge is 0.224 e. The van der Waals surface area contributed by atoms with Crippen LogP contribution in [-0.2, 0) is 12.1 Å². The fourth-order valence-electron chi connectivity index (χ4n) is 1.46. The molecule has 1 heterocycles. The Labute approximate surface area is 84.9 Å². The third kappa shape index (κ3) is 2.04. The van der Waals surface area contributed by atoms with E-state index in [9.17, 15) is 0 Å². The average Bonchev–Trinajstić information content (AvgIpc) is 2.47. The molecule has 1 rings (SSSR count). The van der Waals surface area contributed by atoms with Gasteiger partial charge in [0, 0.05) is 12.6 Å². The maximum Gasteiger partial charge on any atom is 0.224 e. The SMILES string of the molecule is CNCc1nnc(NC)n1C(C)(C)C. The molecule has 0 saturated carbocycles. The second-order valence-electron chi connectivity index (χ2n) is 4.23. The molecule has 0 aliphatic heterocycles. The lowest BCUT2D eigenvalue weighted by atomic mass is 10.1. The Kier molecular flexibility index (Phi) is 3.10. The van der Waals surface area contributed by atoms with Gasteiger partial charge in [-0.05, 0) is 27.8 Å². The Morgan fingerprint density at radius 2 is 1.86 bits per heavy atom. The molecule has 0 bridgehead atoms. The van der Waals surface area contributed by atoms with E-state index in [-0.39, 0.29) is 5.54 Å². The molecule has 1 aromatic heterocycles. The van der Waals surface area contributed by atoms with Gasteiger partial charge in [-0.3, -0.25) is 4.57 Å². The van der Waals surface area contributed by atoms with Crippen LogP contribution in [0.15, 0.2) is 0 Å². The van der Waals surface area contributed by atoms with Crippen LogP contribution in [0, 0.1) is 0 Å². The minimum Gasteiger partial charge on any atom is -0.357 e. The van der Waals surface area contributed by atoms with E-state index in [0.29, 0.717) is 0 Å². The quantitative estimate of drug-likeness (QED) is 0.752. The number of hydrogen-bond acceptors (Lipinski definition) is 4. The molecule has 5 nitrogen and oxygen atoms in total. The Balaban J connectivity index is 3.13. The highest BCUT2D eigenvalue weighted by atomic mass is 15.4. The first-order chi connectivity index (χ1) is 6.50. The molecule has 0 unspecified atom stereocenters. The number of aromatic nitrogens is 3. The Bertz CT molecular complexity index is 297. The summed E-state index contributed by atoms with van der Waals surface area (Å²) < 4.78 is 2.10. The number of hydrogen-bond donors (Lipinski definition) is 2. The van der Waals surface area contributed by atoms with Gasteiger partial charge in [0.15, 0.2) is 0 Å².